The van der Waals surface area contributed by atoms with Gasteiger partial charge in [0, 0.05) is 13.1 Å². The van der Waals surface area contributed by atoms with E-state index in [1.165, 1.54) is 0 Å². The van der Waals surface area contributed by atoms with E-state index in [2.05, 4.69) is 0 Å². The minimum Gasteiger partial charge on any atom is -0.390 e. The van der Waals surface area contributed by atoms with Crippen LogP contribution in [0.1, 0.15) is 25.3 Å². The number of piperidine rings is 1. The van der Waals surface area contributed by atoms with E-state index >= 15 is 0 Å². The van der Waals surface area contributed by atoms with Crippen molar-refractivity contribution >= 4 is 5.69 Å². The van der Waals surface area contributed by atoms with Crippen molar-refractivity contribution in [1.29, 1.82) is 5.26 Å². The molecule has 0 saturated carbocycles. The normalized spacial score (nSPS) is 18.5. The molecule has 0 aliphatic carbocycles. The summed E-state index contributed by atoms with van der Waals surface area (Å²) in [5, 5.41) is 18.4. The Morgan fingerprint density at radius 2 is 1.78 bits per heavy atom. The second-order valence-electron chi connectivity index (χ2n) is 4.88. The summed E-state index contributed by atoms with van der Waals surface area (Å²) >= 11 is 0. The largest absolute Gasteiger partial charge is 0.390 e. The summed E-state index contributed by atoms with van der Waals surface area (Å²) in [6.45, 7) is 2.51. The van der Waals surface area contributed by atoms with E-state index < -0.39 is 17.2 Å². The summed E-state index contributed by atoms with van der Waals surface area (Å²) in [6.07, 6.45) is 0.928. The van der Waals surface area contributed by atoms with E-state index in [0.717, 1.165) is 12.1 Å². The predicted molar refractivity (Wildman–Crippen MR) is 63.1 cm³/mol. The molecule has 0 unspecified atom stereocenters. The zero-order valence-electron chi connectivity index (χ0n) is 10.1. The van der Waals surface area contributed by atoms with Gasteiger partial charge in [-0.2, -0.15) is 5.26 Å². The first-order valence-electron chi connectivity index (χ1n) is 5.79. The van der Waals surface area contributed by atoms with Crippen molar-refractivity contribution in [2.45, 2.75) is 25.4 Å². The van der Waals surface area contributed by atoms with Crippen molar-refractivity contribution in [1.82, 2.24) is 0 Å². The molecular weight excluding hydrogens is 238 g/mol. The maximum atomic E-state index is 13.8. The summed E-state index contributed by atoms with van der Waals surface area (Å²) in [4.78, 5) is 1.57. The highest BCUT2D eigenvalue weighted by Gasteiger charge is 2.29. The number of rotatable bonds is 1. The maximum absolute atomic E-state index is 13.8. The fourth-order valence-corrected chi connectivity index (χ4v) is 2.14. The van der Waals surface area contributed by atoms with Gasteiger partial charge in [0.15, 0.2) is 11.6 Å². The average molecular weight is 252 g/mol. The van der Waals surface area contributed by atoms with E-state index in [4.69, 9.17) is 5.26 Å². The highest BCUT2D eigenvalue weighted by Crippen LogP contribution is 2.30. The smallest absolute Gasteiger partial charge is 0.150 e. The van der Waals surface area contributed by atoms with Gasteiger partial charge in [0.2, 0.25) is 0 Å². The van der Waals surface area contributed by atoms with Crippen LogP contribution in [0, 0.1) is 23.0 Å². The second-order valence-corrected chi connectivity index (χ2v) is 4.88. The SMILES string of the molecule is CC1(O)CCN(c2c(F)cc(C#N)cc2F)CC1. The summed E-state index contributed by atoms with van der Waals surface area (Å²) < 4.78 is 27.6. The Bertz CT molecular complexity index is 475. The molecule has 96 valence electrons. The number of nitrogens with zero attached hydrogens (tertiary/aromatic N) is 2. The molecule has 1 aromatic carbocycles. The van der Waals surface area contributed by atoms with Gasteiger partial charge in [0.1, 0.15) is 5.69 Å². The fraction of sp³-hybridized carbons (Fsp3) is 0.462. The molecule has 5 heteroatoms. The summed E-state index contributed by atoms with van der Waals surface area (Å²) in [5.74, 6) is -1.46. The Morgan fingerprint density at radius 1 is 1.28 bits per heavy atom. The average Bonchev–Trinajstić information content (AvgIpc) is 2.30. The molecule has 0 amide bonds. The molecule has 1 N–H and O–H groups in total. The van der Waals surface area contributed by atoms with Crippen LogP contribution in [0.4, 0.5) is 14.5 Å². The van der Waals surface area contributed by atoms with Crippen molar-refractivity contribution in [3.8, 4) is 6.07 Å². The topological polar surface area (TPSA) is 47.3 Å². The third-order valence-electron chi connectivity index (χ3n) is 3.30. The molecule has 1 saturated heterocycles. The minimum absolute atomic E-state index is 0.0299. The van der Waals surface area contributed by atoms with Crippen LogP contribution in [0.25, 0.3) is 0 Å². The van der Waals surface area contributed by atoms with Crippen molar-refractivity contribution in [3.05, 3.63) is 29.3 Å². The number of halogens is 2. The van der Waals surface area contributed by atoms with Crippen LogP contribution in [-0.2, 0) is 0 Å². The lowest BCUT2D eigenvalue weighted by Gasteiger charge is -2.37. The van der Waals surface area contributed by atoms with Crippen molar-refractivity contribution in [2.24, 2.45) is 0 Å². The lowest BCUT2D eigenvalue weighted by molar-refractivity contribution is 0.0349. The number of benzene rings is 1. The molecule has 1 aliphatic rings. The molecule has 1 aromatic rings. The van der Waals surface area contributed by atoms with Gasteiger partial charge in [0.05, 0.1) is 17.2 Å². The van der Waals surface area contributed by atoms with Crippen LogP contribution < -0.4 is 4.90 Å². The molecule has 18 heavy (non-hydrogen) atoms. The first-order chi connectivity index (χ1) is 8.43. The number of aliphatic hydroxyl groups is 1. The molecular formula is C13H14F2N2O. The monoisotopic (exact) mass is 252 g/mol. The highest BCUT2D eigenvalue weighted by molar-refractivity contribution is 5.53. The van der Waals surface area contributed by atoms with Crippen molar-refractivity contribution < 1.29 is 13.9 Å². The van der Waals surface area contributed by atoms with Crippen LogP contribution in [0.2, 0.25) is 0 Å². The fourth-order valence-electron chi connectivity index (χ4n) is 2.14. The van der Waals surface area contributed by atoms with E-state index in [0.29, 0.717) is 25.9 Å². The Balaban J connectivity index is 2.28. The van der Waals surface area contributed by atoms with Gasteiger partial charge in [-0.1, -0.05) is 0 Å². The first kappa shape index (κ1) is 12.8. The van der Waals surface area contributed by atoms with Crippen molar-refractivity contribution in [3.63, 3.8) is 0 Å². The zero-order valence-corrected chi connectivity index (χ0v) is 10.1. The van der Waals surface area contributed by atoms with Gasteiger partial charge >= 0.3 is 0 Å². The van der Waals surface area contributed by atoms with Crippen LogP contribution in [0.15, 0.2) is 12.1 Å². The Hall–Kier alpha value is -1.67. The number of anilines is 1. The van der Waals surface area contributed by atoms with Gasteiger partial charge in [-0.05, 0) is 31.9 Å². The lowest BCUT2D eigenvalue weighted by Crippen LogP contribution is -2.43. The van der Waals surface area contributed by atoms with Gasteiger partial charge in [-0.15, -0.1) is 0 Å². The standard InChI is InChI=1S/C13H14F2N2O/c1-13(18)2-4-17(5-3-13)12-10(14)6-9(8-16)7-11(12)15/h6-7,18H,2-5H2,1H3. The van der Waals surface area contributed by atoms with Crippen LogP contribution in [-0.4, -0.2) is 23.8 Å². The highest BCUT2D eigenvalue weighted by atomic mass is 19.1. The van der Waals surface area contributed by atoms with E-state index in [9.17, 15) is 13.9 Å². The summed E-state index contributed by atoms with van der Waals surface area (Å²) in [7, 11) is 0. The van der Waals surface area contributed by atoms with Crippen LogP contribution in [0.3, 0.4) is 0 Å². The maximum Gasteiger partial charge on any atom is 0.150 e. The van der Waals surface area contributed by atoms with Gasteiger partial charge in [-0.25, -0.2) is 8.78 Å². The molecule has 0 aromatic heterocycles. The number of nitriles is 1. The molecule has 0 atom stereocenters. The minimum atomic E-state index is -0.768. The van der Waals surface area contributed by atoms with Gasteiger partial charge in [0.25, 0.3) is 0 Å². The Kier molecular flexibility index (Phi) is 3.22. The second kappa shape index (κ2) is 4.54. The molecule has 0 spiro atoms. The molecule has 0 bridgehead atoms. The van der Waals surface area contributed by atoms with E-state index in [-0.39, 0.29) is 11.3 Å². The molecule has 1 aliphatic heterocycles. The molecule has 0 radical (unpaired) electrons. The van der Waals surface area contributed by atoms with E-state index in [1.807, 2.05) is 0 Å². The quantitative estimate of drug-likeness (QED) is 0.833. The molecule has 3 nitrogen and oxygen atoms in total. The van der Waals surface area contributed by atoms with Gasteiger partial charge in [-0.3, -0.25) is 0 Å². The zero-order chi connectivity index (χ0) is 13.3. The first-order valence-corrected chi connectivity index (χ1v) is 5.79. The van der Waals surface area contributed by atoms with E-state index in [1.54, 1.807) is 17.9 Å². The third kappa shape index (κ3) is 2.44. The molecule has 1 heterocycles. The van der Waals surface area contributed by atoms with Crippen LogP contribution in [0.5, 0.6) is 0 Å². The molecule has 1 fully saturated rings. The number of hydrogen-bond donors (Lipinski definition) is 1. The predicted octanol–water partition coefficient (Wildman–Crippen LogP) is 2.19. The van der Waals surface area contributed by atoms with Crippen LogP contribution >= 0.6 is 0 Å². The summed E-state index contributed by atoms with van der Waals surface area (Å²) in [5.41, 5.74) is -0.905. The summed E-state index contributed by atoms with van der Waals surface area (Å²) in [6, 6.07) is 3.78. The number of hydrogen-bond acceptors (Lipinski definition) is 3. The lowest BCUT2D eigenvalue weighted by atomic mass is 9.93. The van der Waals surface area contributed by atoms with Crippen molar-refractivity contribution in [2.75, 3.05) is 18.0 Å². The Labute approximate surface area is 104 Å². The van der Waals surface area contributed by atoms with Gasteiger partial charge < -0.3 is 10.0 Å². The third-order valence-corrected chi connectivity index (χ3v) is 3.30. The molecule has 2 rings (SSSR count). The Morgan fingerprint density at radius 3 is 2.22 bits per heavy atom.